The number of thiophene rings is 1. The fraction of sp³-hybridized carbons (Fsp3) is 0.312. The fourth-order valence-electron chi connectivity index (χ4n) is 2.04. The number of ether oxygens (including phenoxy) is 1. The first-order chi connectivity index (χ1) is 11.4. The molecule has 2 N–H and O–H groups in total. The molecule has 0 fully saturated rings. The number of carbonyl (C=O) groups excluding carboxylic acids is 1. The molecule has 2 rings (SSSR count). The number of benzene rings is 1. The average Bonchev–Trinajstić information content (AvgIpc) is 3.09. The molecule has 1 aromatic heterocycles. The van der Waals surface area contributed by atoms with Crippen LogP contribution in [-0.4, -0.2) is 34.6 Å². The van der Waals surface area contributed by atoms with Crippen LogP contribution in [0.5, 0.6) is 0 Å². The zero-order valence-electron chi connectivity index (χ0n) is 13.5. The lowest BCUT2D eigenvalue weighted by Crippen LogP contribution is -2.28. The van der Waals surface area contributed by atoms with Gasteiger partial charge in [0.05, 0.1) is 17.5 Å². The molecular weight excluding hydrogens is 348 g/mol. The van der Waals surface area contributed by atoms with Crippen molar-refractivity contribution in [1.82, 2.24) is 10.0 Å². The number of carbonyl (C=O) groups is 1. The van der Waals surface area contributed by atoms with Crippen molar-refractivity contribution >= 4 is 27.3 Å². The zero-order chi connectivity index (χ0) is 17.6. The van der Waals surface area contributed by atoms with Crippen molar-refractivity contribution in [1.29, 1.82) is 0 Å². The second kappa shape index (κ2) is 8.39. The second-order valence-corrected chi connectivity index (χ2v) is 7.87. The van der Waals surface area contributed by atoms with E-state index >= 15 is 0 Å². The minimum atomic E-state index is -3.59. The van der Waals surface area contributed by atoms with Crippen molar-refractivity contribution in [2.75, 3.05) is 20.3 Å². The first kappa shape index (κ1) is 18.6. The topological polar surface area (TPSA) is 84.5 Å². The molecular formula is C16H20N2O4S2. The van der Waals surface area contributed by atoms with Gasteiger partial charge in [0.15, 0.2) is 0 Å². The van der Waals surface area contributed by atoms with E-state index in [1.54, 1.807) is 11.3 Å². The van der Waals surface area contributed by atoms with E-state index < -0.39 is 10.0 Å². The Bertz CT molecular complexity index is 756. The molecule has 0 radical (unpaired) electrons. The molecule has 2 aromatic rings. The second-order valence-electron chi connectivity index (χ2n) is 5.13. The monoisotopic (exact) mass is 368 g/mol. The third kappa shape index (κ3) is 4.88. The summed E-state index contributed by atoms with van der Waals surface area (Å²) < 4.78 is 31.3. The van der Waals surface area contributed by atoms with E-state index in [0.717, 1.165) is 4.88 Å². The van der Waals surface area contributed by atoms with Gasteiger partial charge in [-0.05, 0) is 42.6 Å². The van der Waals surface area contributed by atoms with Crippen molar-refractivity contribution in [3.8, 4) is 0 Å². The third-order valence-corrected chi connectivity index (χ3v) is 5.87. The minimum absolute atomic E-state index is 0.100. The van der Waals surface area contributed by atoms with Gasteiger partial charge < -0.3 is 10.1 Å². The third-order valence-electron chi connectivity index (χ3n) is 3.34. The van der Waals surface area contributed by atoms with E-state index in [1.165, 1.54) is 31.4 Å². The number of hydrogen-bond donors (Lipinski definition) is 2. The number of nitrogens with one attached hydrogen (secondary N) is 2. The molecule has 0 unspecified atom stereocenters. The smallest absolute Gasteiger partial charge is 0.251 e. The lowest BCUT2D eigenvalue weighted by atomic mass is 10.2. The van der Waals surface area contributed by atoms with Crippen LogP contribution in [0.1, 0.15) is 28.2 Å². The Labute approximate surface area is 145 Å². The van der Waals surface area contributed by atoms with E-state index in [1.807, 2.05) is 24.4 Å². The molecule has 6 nitrogen and oxygen atoms in total. The Morgan fingerprint density at radius 3 is 2.54 bits per heavy atom. The van der Waals surface area contributed by atoms with Gasteiger partial charge >= 0.3 is 0 Å². The maximum atomic E-state index is 12.2. The maximum absolute atomic E-state index is 12.2. The van der Waals surface area contributed by atoms with Crippen molar-refractivity contribution in [2.45, 2.75) is 17.9 Å². The van der Waals surface area contributed by atoms with Gasteiger partial charge in [-0.1, -0.05) is 6.07 Å². The highest BCUT2D eigenvalue weighted by Crippen LogP contribution is 2.19. The molecule has 8 heteroatoms. The Balaban J connectivity index is 2.02. The summed E-state index contributed by atoms with van der Waals surface area (Å²) in [5, 5.41) is 4.84. The Hall–Kier alpha value is -1.74. The van der Waals surface area contributed by atoms with Gasteiger partial charge in [-0.15, -0.1) is 11.3 Å². The van der Waals surface area contributed by atoms with E-state index in [9.17, 15) is 13.2 Å². The first-order valence-corrected chi connectivity index (χ1v) is 9.73. The Morgan fingerprint density at radius 2 is 1.96 bits per heavy atom. The first-order valence-electron chi connectivity index (χ1n) is 7.37. The highest BCUT2D eigenvalue weighted by molar-refractivity contribution is 7.89. The summed E-state index contributed by atoms with van der Waals surface area (Å²) in [6.45, 7) is 2.39. The van der Waals surface area contributed by atoms with Crippen LogP contribution in [-0.2, 0) is 14.8 Å². The van der Waals surface area contributed by atoms with Crippen molar-refractivity contribution in [2.24, 2.45) is 0 Å². The van der Waals surface area contributed by atoms with E-state index in [4.69, 9.17) is 4.74 Å². The molecule has 0 aliphatic rings. The van der Waals surface area contributed by atoms with Crippen molar-refractivity contribution < 1.29 is 17.9 Å². The molecule has 0 saturated carbocycles. The van der Waals surface area contributed by atoms with Crippen LogP contribution in [0, 0.1) is 0 Å². The standard InChI is InChI=1S/C16H20N2O4S2/c1-12(15-4-3-11-23-15)18-16(19)13-5-7-14(8-6-13)24(20,21)17-9-10-22-2/h3-8,11-12,17H,9-10H2,1-2H3,(H,18,19)/t12-/m0/s1. The van der Waals surface area contributed by atoms with Gasteiger partial charge in [0.1, 0.15) is 0 Å². The van der Waals surface area contributed by atoms with Crippen LogP contribution in [0.3, 0.4) is 0 Å². The van der Waals surface area contributed by atoms with Gasteiger partial charge in [-0.25, -0.2) is 13.1 Å². The van der Waals surface area contributed by atoms with Gasteiger partial charge in [0.25, 0.3) is 5.91 Å². The molecule has 24 heavy (non-hydrogen) atoms. The summed E-state index contributed by atoms with van der Waals surface area (Å²) >= 11 is 1.57. The molecule has 1 heterocycles. The number of methoxy groups -OCH3 is 1. The van der Waals surface area contributed by atoms with Crippen LogP contribution in [0.25, 0.3) is 0 Å². The van der Waals surface area contributed by atoms with Crippen LogP contribution in [0.4, 0.5) is 0 Å². The quantitative estimate of drug-likeness (QED) is 0.700. The normalized spacial score (nSPS) is 12.8. The summed E-state index contributed by atoms with van der Waals surface area (Å²) in [4.78, 5) is 13.4. The number of rotatable bonds is 8. The predicted molar refractivity (Wildman–Crippen MR) is 93.7 cm³/mol. The number of sulfonamides is 1. The van der Waals surface area contributed by atoms with Crippen molar-refractivity contribution in [3.05, 3.63) is 52.2 Å². The van der Waals surface area contributed by atoms with Gasteiger partial charge in [-0.3, -0.25) is 4.79 Å². The molecule has 1 aromatic carbocycles. The van der Waals surface area contributed by atoms with Crippen LogP contribution in [0.15, 0.2) is 46.7 Å². The van der Waals surface area contributed by atoms with Gasteiger partial charge in [0, 0.05) is 24.1 Å². The molecule has 130 valence electrons. The van der Waals surface area contributed by atoms with Crippen LogP contribution >= 0.6 is 11.3 Å². The predicted octanol–water partition coefficient (Wildman–Crippen LogP) is 2.16. The zero-order valence-corrected chi connectivity index (χ0v) is 15.1. The van der Waals surface area contributed by atoms with Gasteiger partial charge in [0.2, 0.25) is 10.0 Å². The molecule has 0 saturated heterocycles. The SMILES string of the molecule is COCCNS(=O)(=O)c1ccc(C(=O)N[C@@H](C)c2cccs2)cc1. The average molecular weight is 368 g/mol. The summed E-state index contributed by atoms with van der Waals surface area (Å²) in [5.41, 5.74) is 0.411. The summed E-state index contributed by atoms with van der Waals surface area (Å²) in [5.74, 6) is -0.243. The Morgan fingerprint density at radius 1 is 1.25 bits per heavy atom. The maximum Gasteiger partial charge on any atom is 0.251 e. The van der Waals surface area contributed by atoms with E-state index in [-0.39, 0.29) is 23.4 Å². The fourth-order valence-corrected chi connectivity index (χ4v) is 3.78. The number of amides is 1. The molecule has 1 atom stereocenters. The molecule has 0 bridgehead atoms. The van der Waals surface area contributed by atoms with E-state index in [2.05, 4.69) is 10.0 Å². The minimum Gasteiger partial charge on any atom is -0.383 e. The molecule has 0 aliphatic carbocycles. The summed E-state index contributed by atoms with van der Waals surface area (Å²) in [7, 11) is -2.09. The summed E-state index contributed by atoms with van der Waals surface area (Å²) in [6.07, 6.45) is 0. The summed E-state index contributed by atoms with van der Waals surface area (Å²) in [6, 6.07) is 9.62. The highest BCUT2D eigenvalue weighted by atomic mass is 32.2. The van der Waals surface area contributed by atoms with Gasteiger partial charge in [-0.2, -0.15) is 0 Å². The lowest BCUT2D eigenvalue weighted by Gasteiger charge is -2.12. The lowest BCUT2D eigenvalue weighted by molar-refractivity contribution is 0.0940. The largest absolute Gasteiger partial charge is 0.383 e. The van der Waals surface area contributed by atoms with Crippen LogP contribution < -0.4 is 10.0 Å². The highest BCUT2D eigenvalue weighted by Gasteiger charge is 2.16. The molecule has 0 spiro atoms. The van der Waals surface area contributed by atoms with Crippen molar-refractivity contribution in [3.63, 3.8) is 0 Å². The van der Waals surface area contributed by atoms with Crippen LogP contribution in [0.2, 0.25) is 0 Å². The van der Waals surface area contributed by atoms with E-state index in [0.29, 0.717) is 12.2 Å². The molecule has 1 amide bonds. The number of hydrogen-bond acceptors (Lipinski definition) is 5. The Kier molecular flexibility index (Phi) is 6.50. The molecule has 0 aliphatic heterocycles.